The molecule has 0 unspecified atom stereocenters. The smallest absolute Gasteiger partial charge is 0.344 e. The molecule has 96 valence electrons. The molecular formula is C11H15FO5. The van der Waals surface area contributed by atoms with Crippen molar-refractivity contribution >= 4 is 11.9 Å². The Hall–Kier alpha value is -1.17. The molecular weight excluding hydrogens is 231 g/mol. The molecule has 0 spiro atoms. The largest absolute Gasteiger partial charge is 0.467 e. The van der Waals surface area contributed by atoms with Crippen LogP contribution in [-0.4, -0.2) is 42.0 Å². The van der Waals surface area contributed by atoms with E-state index in [-0.39, 0.29) is 12.8 Å². The summed E-state index contributed by atoms with van der Waals surface area (Å²) in [6, 6.07) is 0. The fraction of sp³-hybridized carbons (Fsp3) is 0.818. The molecule has 0 bridgehead atoms. The van der Waals surface area contributed by atoms with E-state index in [2.05, 4.69) is 4.74 Å². The molecule has 0 saturated heterocycles. The monoisotopic (exact) mass is 246 g/mol. The van der Waals surface area contributed by atoms with Crippen LogP contribution < -0.4 is 0 Å². The van der Waals surface area contributed by atoms with Gasteiger partial charge in [-0.05, 0) is 0 Å². The van der Waals surface area contributed by atoms with Gasteiger partial charge in [0.05, 0.1) is 19.1 Å². The molecule has 17 heavy (non-hydrogen) atoms. The van der Waals surface area contributed by atoms with E-state index in [4.69, 9.17) is 4.74 Å². The fourth-order valence-corrected chi connectivity index (χ4v) is 2.76. The lowest BCUT2D eigenvalue weighted by Gasteiger charge is -2.19. The summed E-state index contributed by atoms with van der Waals surface area (Å²) in [6.07, 6.45) is -1.32. The van der Waals surface area contributed by atoms with Crippen LogP contribution in [0.3, 0.4) is 0 Å². The summed E-state index contributed by atoms with van der Waals surface area (Å²) in [5.41, 5.74) is -2.19. The Bertz CT molecular complexity index is 358. The van der Waals surface area contributed by atoms with Crippen molar-refractivity contribution < 1.29 is 28.6 Å². The maximum absolute atomic E-state index is 14.2. The molecule has 1 N–H and O–H groups in total. The molecule has 0 aliphatic heterocycles. The maximum Gasteiger partial charge on any atom is 0.344 e. The molecule has 0 amide bonds. The number of rotatable bonds is 3. The van der Waals surface area contributed by atoms with Crippen LogP contribution in [0.2, 0.25) is 0 Å². The highest BCUT2D eigenvalue weighted by Gasteiger charge is 2.81. The number of carbonyl (C=O) groups excluding carboxylic acids is 2. The average Bonchev–Trinajstić information content (AvgIpc) is 2.80. The number of aliphatic hydroxyl groups is 1. The van der Waals surface area contributed by atoms with Gasteiger partial charge in [0.1, 0.15) is 6.10 Å². The quantitative estimate of drug-likeness (QED) is 0.720. The maximum atomic E-state index is 14.2. The number of ether oxygens (including phenoxy) is 2. The fourth-order valence-electron chi connectivity index (χ4n) is 2.76. The topological polar surface area (TPSA) is 72.8 Å². The number of hydrogen-bond acceptors (Lipinski definition) is 5. The molecule has 2 aliphatic carbocycles. The van der Waals surface area contributed by atoms with Gasteiger partial charge in [0, 0.05) is 18.8 Å². The van der Waals surface area contributed by atoms with Gasteiger partial charge < -0.3 is 14.6 Å². The first-order valence-electron chi connectivity index (χ1n) is 5.61. The Morgan fingerprint density at radius 2 is 2.12 bits per heavy atom. The second-order valence-electron chi connectivity index (χ2n) is 4.50. The van der Waals surface area contributed by atoms with Gasteiger partial charge in [-0.2, -0.15) is 0 Å². The summed E-state index contributed by atoms with van der Waals surface area (Å²) in [5.74, 6) is -3.02. The minimum Gasteiger partial charge on any atom is -0.467 e. The van der Waals surface area contributed by atoms with Gasteiger partial charge in [0.2, 0.25) is 5.67 Å². The molecule has 2 saturated carbocycles. The van der Waals surface area contributed by atoms with Crippen LogP contribution in [0, 0.1) is 11.8 Å². The summed E-state index contributed by atoms with van der Waals surface area (Å²) in [4.78, 5) is 22.5. The summed E-state index contributed by atoms with van der Waals surface area (Å²) in [7, 11) is 1.09. The average molecular weight is 246 g/mol. The predicted molar refractivity (Wildman–Crippen MR) is 53.6 cm³/mol. The van der Waals surface area contributed by atoms with Crippen molar-refractivity contribution in [1.82, 2.24) is 0 Å². The number of aliphatic hydroxyl groups excluding tert-OH is 1. The van der Waals surface area contributed by atoms with Gasteiger partial charge in [0.25, 0.3) is 0 Å². The molecule has 0 radical (unpaired) electrons. The van der Waals surface area contributed by atoms with E-state index in [1.54, 1.807) is 6.92 Å². The Labute approximate surface area is 97.9 Å². The van der Waals surface area contributed by atoms with Gasteiger partial charge in [-0.1, -0.05) is 6.92 Å². The number of halogens is 1. The van der Waals surface area contributed by atoms with E-state index >= 15 is 0 Å². The Balaban J connectivity index is 2.10. The van der Waals surface area contributed by atoms with Crippen LogP contribution in [0.5, 0.6) is 0 Å². The summed E-state index contributed by atoms with van der Waals surface area (Å²) in [6.45, 7) is 1.63. The van der Waals surface area contributed by atoms with Gasteiger partial charge in [0.15, 0.2) is 0 Å². The van der Waals surface area contributed by atoms with Crippen LogP contribution in [0.4, 0.5) is 4.39 Å². The Morgan fingerprint density at radius 1 is 1.47 bits per heavy atom. The number of methoxy groups -OCH3 is 1. The zero-order chi connectivity index (χ0) is 12.8. The second-order valence-corrected chi connectivity index (χ2v) is 4.50. The van der Waals surface area contributed by atoms with Crippen LogP contribution in [0.1, 0.15) is 19.8 Å². The molecule has 0 heterocycles. The highest BCUT2D eigenvalue weighted by Crippen LogP contribution is 2.64. The van der Waals surface area contributed by atoms with E-state index in [0.29, 0.717) is 0 Å². The lowest BCUT2D eigenvalue weighted by molar-refractivity contribution is -0.158. The van der Waals surface area contributed by atoms with Gasteiger partial charge >= 0.3 is 11.9 Å². The van der Waals surface area contributed by atoms with Crippen molar-refractivity contribution in [2.75, 3.05) is 7.11 Å². The molecule has 2 aliphatic rings. The molecule has 0 aromatic rings. The van der Waals surface area contributed by atoms with Gasteiger partial charge in [-0.15, -0.1) is 0 Å². The predicted octanol–water partition coefficient (Wildman–Crippen LogP) is 0.200. The van der Waals surface area contributed by atoms with Gasteiger partial charge in [-0.25, -0.2) is 9.18 Å². The van der Waals surface area contributed by atoms with E-state index in [0.717, 1.165) is 7.11 Å². The molecule has 2 fully saturated rings. The number of esters is 2. The normalized spacial score (nSPS) is 42.8. The molecule has 5 nitrogen and oxygen atoms in total. The van der Waals surface area contributed by atoms with E-state index in [1.165, 1.54) is 0 Å². The number of hydrogen-bond donors (Lipinski definition) is 1. The van der Waals surface area contributed by atoms with Crippen molar-refractivity contribution in [2.24, 2.45) is 11.8 Å². The van der Waals surface area contributed by atoms with E-state index in [1.807, 2.05) is 0 Å². The lowest BCUT2D eigenvalue weighted by atomic mass is 10.1. The van der Waals surface area contributed by atoms with E-state index < -0.39 is 41.7 Å². The SMILES string of the molecule is CCC(=O)O[C@H]1C[C@@H](O)[C@H]2[C@@H]1[C@]2(F)C(=O)OC. The third-order valence-electron chi connectivity index (χ3n) is 3.61. The number of carbonyl (C=O) groups is 2. The van der Waals surface area contributed by atoms with Crippen LogP contribution in [-0.2, 0) is 19.1 Å². The van der Waals surface area contributed by atoms with Crippen molar-refractivity contribution in [2.45, 2.75) is 37.6 Å². The summed E-state index contributed by atoms with van der Waals surface area (Å²) >= 11 is 0. The van der Waals surface area contributed by atoms with Crippen LogP contribution in [0.15, 0.2) is 0 Å². The lowest BCUT2D eigenvalue weighted by Crippen LogP contribution is -2.34. The van der Waals surface area contributed by atoms with Crippen molar-refractivity contribution in [1.29, 1.82) is 0 Å². The zero-order valence-corrected chi connectivity index (χ0v) is 9.68. The van der Waals surface area contributed by atoms with Crippen molar-refractivity contribution in [3.05, 3.63) is 0 Å². The van der Waals surface area contributed by atoms with E-state index in [9.17, 15) is 19.1 Å². The van der Waals surface area contributed by atoms with Crippen LogP contribution >= 0.6 is 0 Å². The third kappa shape index (κ3) is 1.62. The molecule has 0 aromatic heterocycles. The highest BCUT2D eigenvalue weighted by molar-refractivity contribution is 5.85. The molecule has 2 rings (SSSR count). The third-order valence-corrected chi connectivity index (χ3v) is 3.61. The molecule has 5 atom stereocenters. The zero-order valence-electron chi connectivity index (χ0n) is 9.68. The standard InChI is InChI=1S/C11H15FO5/c1-3-7(14)17-6-4-5(13)8-9(6)11(8,12)10(15)16-2/h5-6,8-9,13H,3-4H2,1-2H3/t5-,6+,8+,9-,11+/m1/s1. The summed E-state index contributed by atoms with van der Waals surface area (Å²) < 4.78 is 23.6. The van der Waals surface area contributed by atoms with Crippen LogP contribution in [0.25, 0.3) is 0 Å². The molecule has 6 heteroatoms. The first kappa shape index (κ1) is 12.3. The Morgan fingerprint density at radius 3 is 2.65 bits per heavy atom. The number of alkyl halides is 1. The van der Waals surface area contributed by atoms with Gasteiger partial charge in [-0.3, -0.25) is 4.79 Å². The highest BCUT2D eigenvalue weighted by atomic mass is 19.1. The number of fused-ring (bicyclic) bond motifs is 1. The van der Waals surface area contributed by atoms with Crippen molar-refractivity contribution in [3.63, 3.8) is 0 Å². The van der Waals surface area contributed by atoms with Crippen molar-refractivity contribution in [3.8, 4) is 0 Å². The first-order valence-corrected chi connectivity index (χ1v) is 5.61. The minimum atomic E-state index is -2.19. The minimum absolute atomic E-state index is 0.182. The summed E-state index contributed by atoms with van der Waals surface area (Å²) in [5, 5.41) is 9.64. The molecule has 0 aromatic carbocycles. The Kier molecular flexibility index (Phi) is 2.85. The second kappa shape index (κ2) is 3.94. The first-order chi connectivity index (χ1) is 7.96.